The van der Waals surface area contributed by atoms with Crippen molar-refractivity contribution in [1.29, 1.82) is 0 Å². The molecule has 0 aromatic heterocycles. The topological polar surface area (TPSA) is 83.5 Å². The van der Waals surface area contributed by atoms with E-state index in [4.69, 9.17) is 23.7 Å². The van der Waals surface area contributed by atoms with Crippen LogP contribution in [0.5, 0.6) is 0 Å². The molecule has 0 aromatic rings. The lowest BCUT2D eigenvalue weighted by atomic mass is 9.81. The van der Waals surface area contributed by atoms with E-state index in [1.807, 2.05) is 0 Å². The Hall–Kier alpha value is -1.22. The van der Waals surface area contributed by atoms with Crippen LogP contribution in [-0.4, -0.2) is 85.8 Å². The molecular weight excluding hydrogens is 594 g/mol. The molecule has 4 fully saturated rings. The number of carbonyl (C=O) groups is 2. The van der Waals surface area contributed by atoms with Crippen LogP contribution in [0.3, 0.4) is 0 Å². The first-order valence-electron chi connectivity index (χ1n) is 19.6. The number of cyclic esters (lactones) is 2. The van der Waals surface area contributed by atoms with Gasteiger partial charge in [-0.1, -0.05) is 61.3 Å². The van der Waals surface area contributed by atoms with Gasteiger partial charge in [-0.05, 0) is 91.1 Å². The summed E-state index contributed by atoms with van der Waals surface area (Å²) in [5.74, 6) is -0.819. The van der Waals surface area contributed by atoms with E-state index in [9.17, 15) is 9.59 Å². The number of ether oxygens (including phenoxy) is 5. The molecule has 0 saturated carbocycles. The summed E-state index contributed by atoms with van der Waals surface area (Å²) in [4.78, 5) is 30.3. The second kappa shape index (κ2) is 18.1. The molecule has 4 aliphatic rings. The van der Waals surface area contributed by atoms with Crippen molar-refractivity contribution in [3.8, 4) is 0 Å². The number of esters is 2. The number of rotatable bonds is 12. The maximum atomic E-state index is 14.2. The Morgan fingerprint density at radius 3 is 1.81 bits per heavy atom. The lowest BCUT2D eigenvalue weighted by Gasteiger charge is -2.38. The van der Waals surface area contributed by atoms with Gasteiger partial charge in [0.05, 0.1) is 48.5 Å². The number of hydrogen-bond acceptors (Lipinski definition) is 8. The first kappa shape index (κ1) is 38.6. The molecule has 8 nitrogen and oxygen atoms in total. The van der Waals surface area contributed by atoms with Gasteiger partial charge in [0, 0.05) is 23.8 Å². The van der Waals surface area contributed by atoms with Gasteiger partial charge < -0.3 is 28.6 Å². The molecular formula is C39H69NO7. The van der Waals surface area contributed by atoms with Crippen LogP contribution in [0.2, 0.25) is 0 Å². The van der Waals surface area contributed by atoms with Crippen LogP contribution < -0.4 is 0 Å². The summed E-state index contributed by atoms with van der Waals surface area (Å²) in [6.45, 7) is 15.1. The molecule has 0 aromatic carbocycles. The van der Waals surface area contributed by atoms with E-state index in [1.165, 1.54) is 6.42 Å². The van der Waals surface area contributed by atoms with Crippen LogP contribution in [0, 0.1) is 29.6 Å². The van der Waals surface area contributed by atoms with Gasteiger partial charge in [-0.2, -0.15) is 0 Å². The summed E-state index contributed by atoms with van der Waals surface area (Å²) >= 11 is 0. The molecule has 0 spiro atoms. The van der Waals surface area contributed by atoms with Gasteiger partial charge in [0.25, 0.3) is 0 Å². The predicted octanol–water partition coefficient (Wildman–Crippen LogP) is 7.74. The molecule has 4 aliphatic heterocycles. The molecule has 14 unspecified atom stereocenters. The second-order valence-corrected chi connectivity index (χ2v) is 15.6. The van der Waals surface area contributed by atoms with Gasteiger partial charge in [-0.15, -0.1) is 0 Å². The molecule has 0 aliphatic carbocycles. The predicted molar refractivity (Wildman–Crippen MR) is 185 cm³/mol. The van der Waals surface area contributed by atoms with E-state index < -0.39 is 0 Å². The summed E-state index contributed by atoms with van der Waals surface area (Å²) in [6.07, 6.45) is 11.8. The van der Waals surface area contributed by atoms with Gasteiger partial charge in [0.15, 0.2) is 0 Å². The zero-order valence-corrected chi connectivity index (χ0v) is 31.3. The van der Waals surface area contributed by atoms with Crippen LogP contribution in [0.4, 0.5) is 0 Å². The van der Waals surface area contributed by atoms with Gasteiger partial charge in [-0.25, -0.2) is 0 Å². The number of hydrogen-bond donors (Lipinski definition) is 0. The number of nitrogens with zero attached hydrogens (tertiary/aromatic N) is 1. The van der Waals surface area contributed by atoms with E-state index in [1.54, 1.807) is 0 Å². The number of carbonyl (C=O) groups excluding carboxylic acids is 2. The fraction of sp³-hybridized carbons (Fsp3) is 0.949. The summed E-state index contributed by atoms with van der Waals surface area (Å²) in [5.41, 5.74) is 0. The smallest absolute Gasteiger partial charge is 0.311 e. The third-order valence-electron chi connectivity index (χ3n) is 12.3. The molecule has 4 bridgehead atoms. The van der Waals surface area contributed by atoms with Crippen molar-refractivity contribution in [2.45, 2.75) is 193 Å². The SMILES string of the molecule is CCCC1OC(=O)C(CC)C2CCC(O2)C(C)C(C(CC)C2CCC(CC(CCC)N(C)C)O2)OC(=O)C(CC)C2CCC(O2)C1C. The van der Waals surface area contributed by atoms with Crippen molar-refractivity contribution in [2.24, 2.45) is 29.6 Å². The van der Waals surface area contributed by atoms with E-state index in [0.717, 1.165) is 70.6 Å². The highest BCUT2D eigenvalue weighted by Gasteiger charge is 2.48. The Bertz CT molecular complexity index is 975. The minimum atomic E-state index is -0.334. The van der Waals surface area contributed by atoms with E-state index >= 15 is 0 Å². The van der Waals surface area contributed by atoms with Crippen LogP contribution >= 0.6 is 0 Å². The molecule has 14 atom stereocenters. The van der Waals surface area contributed by atoms with Gasteiger partial charge in [-0.3, -0.25) is 9.59 Å². The molecule has 4 heterocycles. The third kappa shape index (κ3) is 9.32. The Balaban J connectivity index is 1.61. The summed E-state index contributed by atoms with van der Waals surface area (Å²) < 4.78 is 33.3. The maximum absolute atomic E-state index is 14.2. The molecule has 8 heteroatoms. The minimum absolute atomic E-state index is 0.0322. The summed E-state index contributed by atoms with van der Waals surface area (Å²) in [7, 11) is 4.34. The fourth-order valence-electron chi connectivity index (χ4n) is 9.27. The lowest BCUT2D eigenvalue weighted by molar-refractivity contribution is -0.179. The van der Waals surface area contributed by atoms with E-state index in [-0.39, 0.29) is 90.4 Å². The molecule has 272 valence electrons. The van der Waals surface area contributed by atoms with Gasteiger partial charge in [0.2, 0.25) is 0 Å². The Labute approximate surface area is 286 Å². The zero-order valence-electron chi connectivity index (χ0n) is 31.3. The Morgan fingerprint density at radius 1 is 0.702 bits per heavy atom. The highest BCUT2D eigenvalue weighted by molar-refractivity contribution is 5.74. The second-order valence-electron chi connectivity index (χ2n) is 15.6. The van der Waals surface area contributed by atoms with Crippen LogP contribution in [0.15, 0.2) is 0 Å². The molecule has 0 radical (unpaired) electrons. The molecule has 0 amide bonds. The first-order chi connectivity index (χ1) is 22.6. The van der Waals surface area contributed by atoms with Gasteiger partial charge >= 0.3 is 11.9 Å². The lowest BCUT2D eigenvalue weighted by Crippen LogP contribution is -2.46. The van der Waals surface area contributed by atoms with Crippen molar-refractivity contribution in [3.63, 3.8) is 0 Å². The summed E-state index contributed by atoms with van der Waals surface area (Å²) in [6, 6.07) is 0.505. The standard InChI is InChI=1S/C39H69NO7/c1-10-15-26(40(8)9)23-27-17-18-34(43-27)28(12-3)37-25(7)33-20-22-35(45-33)29(13-4)38(41)46-31(16-11-2)24(6)32-19-21-36(44-32)30(14-5)39(42)47-37/h24-37H,10-23H2,1-9H3. The molecule has 0 N–H and O–H groups in total. The molecule has 4 rings (SSSR count). The zero-order chi connectivity index (χ0) is 34.2. The van der Waals surface area contributed by atoms with E-state index in [2.05, 4.69) is 67.5 Å². The largest absolute Gasteiger partial charge is 0.462 e. The van der Waals surface area contributed by atoms with Crippen LogP contribution in [0.25, 0.3) is 0 Å². The minimum Gasteiger partial charge on any atom is -0.462 e. The number of fused-ring (bicyclic) bond motifs is 4. The van der Waals surface area contributed by atoms with E-state index in [0.29, 0.717) is 18.9 Å². The van der Waals surface area contributed by atoms with Crippen LogP contribution in [-0.2, 0) is 33.3 Å². The van der Waals surface area contributed by atoms with Crippen molar-refractivity contribution >= 4 is 11.9 Å². The molecule has 47 heavy (non-hydrogen) atoms. The van der Waals surface area contributed by atoms with Gasteiger partial charge in [0.1, 0.15) is 12.2 Å². The maximum Gasteiger partial charge on any atom is 0.311 e. The van der Waals surface area contributed by atoms with Crippen molar-refractivity contribution < 1.29 is 33.3 Å². The van der Waals surface area contributed by atoms with Crippen molar-refractivity contribution in [3.05, 3.63) is 0 Å². The average molecular weight is 664 g/mol. The van der Waals surface area contributed by atoms with Crippen molar-refractivity contribution in [2.75, 3.05) is 14.1 Å². The highest BCUT2D eigenvalue weighted by Crippen LogP contribution is 2.42. The highest BCUT2D eigenvalue weighted by atomic mass is 16.6. The first-order valence-corrected chi connectivity index (χ1v) is 19.6. The fourth-order valence-corrected chi connectivity index (χ4v) is 9.27. The van der Waals surface area contributed by atoms with Crippen molar-refractivity contribution in [1.82, 2.24) is 4.90 Å². The Kier molecular flexibility index (Phi) is 14.9. The average Bonchev–Trinajstić information content (AvgIpc) is 3.83. The third-order valence-corrected chi connectivity index (χ3v) is 12.3. The normalized spacial score (nSPS) is 40.0. The quantitative estimate of drug-likeness (QED) is 0.196. The molecule has 4 saturated heterocycles. The monoisotopic (exact) mass is 664 g/mol. The summed E-state index contributed by atoms with van der Waals surface area (Å²) in [5, 5.41) is 0. The Morgan fingerprint density at radius 2 is 1.28 bits per heavy atom. The van der Waals surface area contributed by atoms with Crippen LogP contribution in [0.1, 0.15) is 138 Å².